The SMILES string of the molecule is Cc1cccc(C)c1CC(=O)CC1(CN)CCCCC1. The number of carbonyl (C=O) groups is 1. The fourth-order valence-corrected chi connectivity index (χ4v) is 3.56. The summed E-state index contributed by atoms with van der Waals surface area (Å²) in [4.78, 5) is 12.5. The minimum absolute atomic E-state index is 0.0892. The molecule has 1 saturated carbocycles. The van der Waals surface area contributed by atoms with Crippen LogP contribution < -0.4 is 5.73 Å². The van der Waals surface area contributed by atoms with E-state index in [2.05, 4.69) is 32.0 Å². The van der Waals surface area contributed by atoms with E-state index < -0.39 is 0 Å². The van der Waals surface area contributed by atoms with Crippen LogP contribution in [0, 0.1) is 19.3 Å². The summed E-state index contributed by atoms with van der Waals surface area (Å²) in [7, 11) is 0. The topological polar surface area (TPSA) is 43.1 Å². The van der Waals surface area contributed by atoms with E-state index in [-0.39, 0.29) is 5.41 Å². The summed E-state index contributed by atoms with van der Waals surface area (Å²) >= 11 is 0. The van der Waals surface area contributed by atoms with Gasteiger partial charge in [-0.15, -0.1) is 0 Å². The molecule has 0 heterocycles. The van der Waals surface area contributed by atoms with Crippen molar-refractivity contribution in [3.05, 3.63) is 34.9 Å². The van der Waals surface area contributed by atoms with Crippen molar-refractivity contribution in [1.29, 1.82) is 0 Å². The molecule has 110 valence electrons. The summed E-state index contributed by atoms with van der Waals surface area (Å²) < 4.78 is 0. The van der Waals surface area contributed by atoms with Crippen molar-refractivity contribution in [2.45, 2.75) is 58.8 Å². The van der Waals surface area contributed by atoms with Gasteiger partial charge in [-0.25, -0.2) is 0 Å². The van der Waals surface area contributed by atoms with Crippen molar-refractivity contribution in [3.63, 3.8) is 0 Å². The van der Waals surface area contributed by atoms with Gasteiger partial charge in [-0.3, -0.25) is 4.79 Å². The van der Waals surface area contributed by atoms with Gasteiger partial charge >= 0.3 is 0 Å². The predicted molar refractivity (Wildman–Crippen MR) is 83.8 cm³/mol. The number of nitrogens with two attached hydrogens (primary N) is 1. The van der Waals surface area contributed by atoms with E-state index in [1.165, 1.54) is 36.0 Å². The van der Waals surface area contributed by atoms with Gasteiger partial charge in [0.25, 0.3) is 0 Å². The highest BCUT2D eigenvalue weighted by Crippen LogP contribution is 2.38. The number of hydrogen-bond donors (Lipinski definition) is 1. The van der Waals surface area contributed by atoms with E-state index in [0.29, 0.717) is 25.2 Å². The van der Waals surface area contributed by atoms with Crippen LogP contribution in [0.2, 0.25) is 0 Å². The Bertz CT molecular complexity index is 452. The van der Waals surface area contributed by atoms with Crippen LogP contribution in [0.15, 0.2) is 18.2 Å². The van der Waals surface area contributed by atoms with Crippen LogP contribution in [0.1, 0.15) is 55.2 Å². The second-order valence-electron chi connectivity index (χ2n) is 6.53. The van der Waals surface area contributed by atoms with Crippen molar-refractivity contribution in [1.82, 2.24) is 0 Å². The first-order valence-electron chi connectivity index (χ1n) is 7.83. The molecule has 0 amide bonds. The number of ketones is 1. The Morgan fingerprint density at radius 3 is 2.30 bits per heavy atom. The van der Waals surface area contributed by atoms with E-state index in [1.807, 2.05) is 0 Å². The molecule has 2 heteroatoms. The normalized spacial score (nSPS) is 17.9. The van der Waals surface area contributed by atoms with Gasteiger partial charge in [0.15, 0.2) is 0 Å². The zero-order chi connectivity index (χ0) is 14.6. The molecule has 2 rings (SSSR count). The maximum atomic E-state index is 12.5. The Hall–Kier alpha value is -1.15. The molecule has 1 aliphatic carbocycles. The second kappa shape index (κ2) is 6.53. The molecular weight excluding hydrogens is 246 g/mol. The third kappa shape index (κ3) is 3.49. The largest absolute Gasteiger partial charge is 0.330 e. The van der Waals surface area contributed by atoms with Gasteiger partial charge < -0.3 is 5.73 Å². The Balaban J connectivity index is 2.05. The third-order valence-electron chi connectivity index (χ3n) is 4.94. The first-order chi connectivity index (χ1) is 9.56. The van der Waals surface area contributed by atoms with Crippen molar-refractivity contribution in [3.8, 4) is 0 Å². The molecule has 0 aliphatic heterocycles. The first kappa shape index (κ1) is 15.2. The smallest absolute Gasteiger partial charge is 0.137 e. The van der Waals surface area contributed by atoms with Crippen LogP contribution in [0.25, 0.3) is 0 Å². The molecule has 1 aromatic carbocycles. The van der Waals surface area contributed by atoms with Crippen LogP contribution in [0.3, 0.4) is 0 Å². The van der Waals surface area contributed by atoms with Crippen molar-refractivity contribution in [2.24, 2.45) is 11.1 Å². The maximum Gasteiger partial charge on any atom is 0.137 e. The predicted octanol–water partition coefficient (Wildman–Crippen LogP) is 3.71. The number of aryl methyl sites for hydroxylation is 2. The number of Topliss-reactive ketones (excluding diaryl/α,β-unsaturated/α-hetero) is 1. The van der Waals surface area contributed by atoms with Crippen LogP contribution in [0.4, 0.5) is 0 Å². The van der Waals surface area contributed by atoms with Gasteiger partial charge in [0.2, 0.25) is 0 Å². The minimum atomic E-state index is 0.0892. The maximum absolute atomic E-state index is 12.5. The summed E-state index contributed by atoms with van der Waals surface area (Å²) in [5.74, 6) is 0.356. The first-order valence-corrected chi connectivity index (χ1v) is 7.83. The lowest BCUT2D eigenvalue weighted by atomic mass is 9.70. The van der Waals surface area contributed by atoms with Crippen LogP contribution >= 0.6 is 0 Å². The van der Waals surface area contributed by atoms with Crippen LogP contribution in [0.5, 0.6) is 0 Å². The molecule has 0 bridgehead atoms. The molecule has 2 N–H and O–H groups in total. The molecule has 0 atom stereocenters. The van der Waals surface area contributed by atoms with Crippen molar-refractivity contribution < 1.29 is 4.79 Å². The van der Waals surface area contributed by atoms with Gasteiger partial charge in [0.05, 0.1) is 0 Å². The van der Waals surface area contributed by atoms with Gasteiger partial charge in [-0.05, 0) is 55.3 Å². The summed E-state index contributed by atoms with van der Waals surface area (Å²) in [6.07, 6.45) is 7.25. The van der Waals surface area contributed by atoms with Crippen LogP contribution in [-0.4, -0.2) is 12.3 Å². The Kier molecular flexibility index (Phi) is 4.98. The zero-order valence-electron chi connectivity index (χ0n) is 12.9. The molecule has 2 nitrogen and oxygen atoms in total. The number of carbonyl (C=O) groups excluding carboxylic acids is 1. The summed E-state index contributed by atoms with van der Waals surface area (Å²) in [6.45, 7) is 4.84. The molecule has 0 aromatic heterocycles. The summed E-state index contributed by atoms with van der Waals surface area (Å²) in [5.41, 5.74) is 9.74. The fraction of sp³-hybridized carbons (Fsp3) is 0.611. The second-order valence-corrected chi connectivity index (χ2v) is 6.53. The third-order valence-corrected chi connectivity index (χ3v) is 4.94. The van der Waals surface area contributed by atoms with Gasteiger partial charge in [-0.1, -0.05) is 37.5 Å². The highest BCUT2D eigenvalue weighted by molar-refractivity contribution is 5.82. The van der Waals surface area contributed by atoms with Gasteiger partial charge in [0.1, 0.15) is 5.78 Å². The van der Waals surface area contributed by atoms with E-state index >= 15 is 0 Å². The molecule has 0 spiro atoms. The Labute approximate surface area is 122 Å². The highest BCUT2D eigenvalue weighted by Gasteiger charge is 2.32. The number of benzene rings is 1. The molecule has 1 fully saturated rings. The summed E-state index contributed by atoms with van der Waals surface area (Å²) in [6, 6.07) is 6.24. The van der Waals surface area contributed by atoms with Crippen molar-refractivity contribution in [2.75, 3.05) is 6.54 Å². The monoisotopic (exact) mass is 273 g/mol. The van der Waals surface area contributed by atoms with Gasteiger partial charge in [0, 0.05) is 12.8 Å². The van der Waals surface area contributed by atoms with Crippen LogP contribution in [-0.2, 0) is 11.2 Å². The average molecular weight is 273 g/mol. The van der Waals surface area contributed by atoms with E-state index in [0.717, 1.165) is 12.8 Å². The van der Waals surface area contributed by atoms with E-state index in [9.17, 15) is 4.79 Å². The molecule has 1 aromatic rings. The molecule has 20 heavy (non-hydrogen) atoms. The highest BCUT2D eigenvalue weighted by atomic mass is 16.1. The molecule has 0 unspecified atom stereocenters. The lowest BCUT2D eigenvalue weighted by molar-refractivity contribution is -0.121. The zero-order valence-corrected chi connectivity index (χ0v) is 12.9. The van der Waals surface area contributed by atoms with Crippen molar-refractivity contribution >= 4 is 5.78 Å². The molecule has 1 aliphatic rings. The number of rotatable bonds is 5. The fourth-order valence-electron chi connectivity index (χ4n) is 3.56. The molecule has 0 radical (unpaired) electrons. The quantitative estimate of drug-likeness (QED) is 0.888. The lowest BCUT2D eigenvalue weighted by Crippen LogP contribution is -2.35. The molecule has 0 saturated heterocycles. The average Bonchev–Trinajstić information content (AvgIpc) is 2.44. The molecular formula is C18H27NO. The van der Waals surface area contributed by atoms with E-state index in [4.69, 9.17) is 5.73 Å². The lowest BCUT2D eigenvalue weighted by Gasteiger charge is -2.35. The number of hydrogen-bond acceptors (Lipinski definition) is 2. The van der Waals surface area contributed by atoms with Gasteiger partial charge in [-0.2, -0.15) is 0 Å². The Morgan fingerprint density at radius 2 is 1.75 bits per heavy atom. The summed E-state index contributed by atoms with van der Waals surface area (Å²) in [5, 5.41) is 0. The Morgan fingerprint density at radius 1 is 1.15 bits per heavy atom. The minimum Gasteiger partial charge on any atom is -0.330 e. The van der Waals surface area contributed by atoms with E-state index in [1.54, 1.807) is 0 Å². The standard InChI is InChI=1S/C18H27NO/c1-14-7-6-8-15(2)17(14)11-16(20)12-18(13-19)9-4-3-5-10-18/h6-8H,3-5,9-13,19H2,1-2H3.